The second-order valence-electron chi connectivity index (χ2n) is 5.72. The first-order valence-corrected chi connectivity index (χ1v) is 9.63. The molecule has 0 bridgehead atoms. The maximum absolute atomic E-state index is 12.1. The van der Waals surface area contributed by atoms with Crippen LogP contribution in [-0.2, 0) is 14.6 Å². The molecule has 2 heterocycles. The number of methoxy groups -OCH3 is 2. The molecule has 23 heavy (non-hydrogen) atoms. The average Bonchev–Trinajstić information content (AvgIpc) is 2.95. The molecule has 2 atom stereocenters. The lowest BCUT2D eigenvalue weighted by Gasteiger charge is -2.26. The fraction of sp³-hybridized carbons (Fsp3) is 0.533. The van der Waals surface area contributed by atoms with Gasteiger partial charge < -0.3 is 19.3 Å². The van der Waals surface area contributed by atoms with Gasteiger partial charge in [0, 0.05) is 13.7 Å². The maximum Gasteiger partial charge on any atom is 0.177 e. The first-order chi connectivity index (χ1) is 11.0. The molecule has 0 N–H and O–H groups in total. The van der Waals surface area contributed by atoms with Crippen LogP contribution < -0.4 is 9.64 Å². The fourth-order valence-corrected chi connectivity index (χ4v) is 5.75. The zero-order valence-electron chi connectivity index (χ0n) is 13.1. The minimum atomic E-state index is -3.07. The van der Waals surface area contributed by atoms with E-state index >= 15 is 0 Å². The number of thiocarbonyl (C=S) groups is 1. The van der Waals surface area contributed by atoms with Crippen LogP contribution in [0.5, 0.6) is 5.75 Å². The molecular weight excluding hydrogens is 336 g/mol. The van der Waals surface area contributed by atoms with Gasteiger partial charge in [-0.05, 0) is 24.4 Å². The highest BCUT2D eigenvalue weighted by Crippen LogP contribution is 2.39. The van der Waals surface area contributed by atoms with Gasteiger partial charge in [0.2, 0.25) is 0 Å². The molecule has 2 aliphatic rings. The molecular formula is C15H20N2O4S2. The highest BCUT2D eigenvalue weighted by Gasteiger charge is 2.52. The Morgan fingerprint density at radius 1 is 1.22 bits per heavy atom. The largest absolute Gasteiger partial charge is 0.495 e. The Morgan fingerprint density at radius 2 is 1.91 bits per heavy atom. The van der Waals surface area contributed by atoms with Crippen molar-refractivity contribution in [1.82, 2.24) is 4.90 Å². The lowest BCUT2D eigenvalue weighted by Crippen LogP contribution is -2.39. The fourth-order valence-electron chi connectivity index (χ4n) is 3.34. The van der Waals surface area contributed by atoms with Gasteiger partial charge in [0.15, 0.2) is 14.9 Å². The molecule has 0 unspecified atom stereocenters. The number of nitrogens with zero attached hydrogens (tertiary/aromatic N) is 2. The van der Waals surface area contributed by atoms with Crippen molar-refractivity contribution in [3.05, 3.63) is 24.3 Å². The van der Waals surface area contributed by atoms with Crippen LogP contribution in [0.3, 0.4) is 0 Å². The maximum atomic E-state index is 12.1. The summed E-state index contributed by atoms with van der Waals surface area (Å²) in [7, 11) is 0.154. The number of sulfone groups is 1. The number of ether oxygens (including phenoxy) is 2. The van der Waals surface area contributed by atoms with E-state index in [4.69, 9.17) is 21.7 Å². The van der Waals surface area contributed by atoms with E-state index in [9.17, 15) is 8.42 Å². The highest BCUT2D eigenvalue weighted by atomic mass is 32.2. The van der Waals surface area contributed by atoms with Crippen LogP contribution in [0.2, 0.25) is 0 Å². The van der Waals surface area contributed by atoms with Crippen molar-refractivity contribution in [3.63, 3.8) is 0 Å². The molecule has 0 saturated carbocycles. The summed E-state index contributed by atoms with van der Waals surface area (Å²) >= 11 is 5.64. The third-order valence-electron chi connectivity index (χ3n) is 4.36. The molecule has 6 nitrogen and oxygen atoms in total. The second kappa shape index (κ2) is 6.26. The summed E-state index contributed by atoms with van der Waals surface area (Å²) in [6, 6.07) is 7.23. The van der Waals surface area contributed by atoms with Gasteiger partial charge in [0.1, 0.15) is 5.75 Å². The van der Waals surface area contributed by atoms with E-state index in [-0.39, 0.29) is 23.6 Å². The Hall–Kier alpha value is -1.38. The quantitative estimate of drug-likeness (QED) is 0.727. The zero-order valence-corrected chi connectivity index (χ0v) is 14.8. The van der Waals surface area contributed by atoms with E-state index in [0.29, 0.717) is 24.0 Å². The van der Waals surface area contributed by atoms with Gasteiger partial charge in [-0.3, -0.25) is 0 Å². The first kappa shape index (κ1) is 16.5. The predicted molar refractivity (Wildman–Crippen MR) is 92.9 cm³/mol. The molecule has 0 amide bonds. The summed E-state index contributed by atoms with van der Waals surface area (Å²) in [6.07, 6.45) is 0. The van der Waals surface area contributed by atoms with Crippen LogP contribution in [0.1, 0.15) is 0 Å². The SMILES string of the molecule is COCCN1C(=S)N(c2ccccc2OC)[C@@H]2CS(=O)(=O)C[C@H]21. The monoisotopic (exact) mass is 356 g/mol. The number of rotatable bonds is 5. The van der Waals surface area contributed by atoms with Crippen molar-refractivity contribution in [2.24, 2.45) is 0 Å². The average molecular weight is 356 g/mol. The molecule has 0 radical (unpaired) electrons. The third kappa shape index (κ3) is 2.90. The normalized spacial score (nSPS) is 25.7. The van der Waals surface area contributed by atoms with Crippen molar-refractivity contribution < 1.29 is 17.9 Å². The van der Waals surface area contributed by atoms with Gasteiger partial charge in [0.05, 0.1) is 43.0 Å². The topological polar surface area (TPSA) is 59.1 Å². The smallest absolute Gasteiger partial charge is 0.177 e. The van der Waals surface area contributed by atoms with E-state index in [1.807, 2.05) is 34.1 Å². The Morgan fingerprint density at radius 3 is 2.61 bits per heavy atom. The van der Waals surface area contributed by atoms with Gasteiger partial charge in [-0.25, -0.2) is 8.42 Å². The van der Waals surface area contributed by atoms with Crippen molar-refractivity contribution in [2.45, 2.75) is 12.1 Å². The lowest BCUT2D eigenvalue weighted by atomic mass is 10.1. The zero-order chi connectivity index (χ0) is 16.6. The third-order valence-corrected chi connectivity index (χ3v) is 6.49. The molecule has 2 fully saturated rings. The van der Waals surface area contributed by atoms with E-state index in [1.165, 1.54) is 0 Å². The molecule has 126 valence electrons. The molecule has 0 spiro atoms. The van der Waals surface area contributed by atoms with E-state index in [1.54, 1.807) is 14.2 Å². The van der Waals surface area contributed by atoms with Crippen LogP contribution in [0.4, 0.5) is 5.69 Å². The molecule has 0 aliphatic carbocycles. The van der Waals surface area contributed by atoms with Gasteiger partial charge in [-0.1, -0.05) is 12.1 Å². The van der Waals surface area contributed by atoms with Crippen LogP contribution in [0.15, 0.2) is 24.3 Å². The summed E-state index contributed by atoms with van der Waals surface area (Å²) in [5, 5.41) is 0.636. The summed E-state index contributed by atoms with van der Waals surface area (Å²) in [5.41, 5.74) is 0.812. The van der Waals surface area contributed by atoms with Crippen molar-refractivity contribution in [3.8, 4) is 5.75 Å². The Kier molecular flexibility index (Phi) is 4.48. The second-order valence-corrected chi connectivity index (χ2v) is 8.24. The summed E-state index contributed by atoms with van der Waals surface area (Å²) in [4.78, 5) is 3.90. The summed E-state index contributed by atoms with van der Waals surface area (Å²) < 4.78 is 34.9. The summed E-state index contributed by atoms with van der Waals surface area (Å²) in [5.74, 6) is 0.929. The van der Waals surface area contributed by atoms with Gasteiger partial charge in [-0.15, -0.1) is 0 Å². The molecule has 3 rings (SSSR count). The molecule has 2 aliphatic heterocycles. The summed E-state index contributed by atoms with van der Waals surface area (Å²) in [6.45, 7) is 1.08. The van der Waals surface area contributed by atoms with E-state index in [0.717, 1.165) is 5.69 Å². The van der Waals surface area contributed by atoms with Gasteiger partial charge in [-0.2, -0.15) is 0 Å². The number of hydrogen-bond acceptors (Lipinski definition) is 5. The number of anilines is 1. The highest BCUT2D eigenvalue weighted by molar-refractivity contribution is 7.91. The van der Waals surface area contributed by atoms with Crippen molar-refractivity contribution >= 4 is 32.9 Å². The Labute approximate surface area is 141 Å². The van der Waals surface area contributed by atoms with Crippen LogP contribution >= 0.6 is 12.2 Å². The Balaban J connectivity index is 2.00. The van der Waals surface area contributed by atoms with E-state index < -0.39 is 9.84 Å². The number of para-hydroxylation sites is 2. The minimum Gasteiger partial charge on any atom is -0.495 e. The number of benzene rings is 1. The van der Waals surface area contributed by atoms with Gasteiger partial charge in [0.25, 0.3) is 0 Å². The predicted octanol–water partition coefficient (Wildman–Crippen LogP) is 0.914. The molecule has 8 heteroatoms. The van der Waals surface area contributed by atoms with Gasteiger partial charge >= 0.3 is 0 Å². The van der Waals surface area contributed by atoms with Crippen molar-refractivity contribution in [2.75, 3.05) is 43.8 Å². The number of fused-ring (bicyclic) bond motifs is 1. The standard InChI is InChI=1S/C15H20N2O4S2/c1-20-8-7-16-12-9-23(18,19)10-13(12)17(15(16)22)11-5-3-4-6-14(11)21-2/h3-6,12-13H,7-10H2,1-2H3/t12-,13-/m1/s1. The van der Waals surface area contributed by atoms with Crippen LogP contribution in [0, 0.1) is 0 Å². The van der Waals surface area contributed by atoms with Crippen molar-refractivity contribution in [1.29, 1.82) is 0 Å². The van der Waals surface area contributed by atoms with Crippen LogP contribution in [0.25, 0.3) is 0 Å². The Bertz CT molecular complexity index is 707. The molecule has 1 aromatic rings. The van der Waals surface area contributed by atoms with E-state index in [2.05, 4.69) is 0 Å². The number of hydrogen-bond donors (Lipinski definition) is 0. The lowest BCUT2D eigenvalue weighted by molar-refractivity contribution is 0.169. The minimum absolute atomic E-state index is 0.110. The molecule has 1 aromatic carbocycles. The first-order valence-electron chi connectivity index (χ1n) is 7.40. The van der Waals surface area contributed by atoms with Crippen LogP contribution in [-0.4, -0.2) is 69.4 Å². The molecule has 2 saturated heterocycles. The molecule has 0 aromatic heterocycles.